The molecule has 32 heavy (non-hydrogen) atoms. The van der Waals surface area contributed by atoms with E-state index in [4.69, 9.17) is 0 Å². The van der Waals surface area contributed by atoms with Crippen LogP contribution >= 0.6 is 0 Å². The zero-order chi connectivity index (χ0) is 22.9. The molecule has 10 heteroatoms. The molecule has 0 aliphatic carbocycles. The number of alkyl halides is 3. The van der Waals surface area contributed by atoms with Crippen LogP contribution in [0, 0.1) is 13.8 Å². The number of halogens is 3. The molecule has 0 saturated carbocycles. The Hall–Kier alpha value is -3.69. The number of rotatable bonds is 6. The van der Waals surface area contributed by atoms with Crippen molar-refractivity contribution in [2.45, 2.75) is 33.0 Å². The van der Waals surface area contributed by atoms with E-state index in [1.54, 1.807) is 6.92 Å². The molecule has 7 nitrogen and oxygen atoms in total. The number of carbonyl (C=O) groups is 1. The van der Waals surface area contributed by atoms with Crippen LogP contribution in [0.25, 0.3) is 16.9 Å². The van der Waals surface area contributed by atoms with Crippen molar-refractivity contribution < 1.29 is 18.0 Å². The first-order valence-corrected chi connectivity index (χ1v) is 10.0. The second-order valence-electron chi connectivity index (χ2n) is 7.37. The van der Waals surface area contributed by atoms with E-state index in [0.717, 1.165) is 29.1 Å². The maximum Gasteiger partial charge on any atom is 0.417 e. The normalized spacial score (nSPS) is 11.8. The Kier molecular flexibility index (Phi) is 5.68. The third-order valence-corrected chi connectivity index (χ3v) is 5.24. The van der Waals surface area contributed by atoms with E-state index >= 15 is 0 Å². The molecule has 0 bridgehead atoms. The highest BCUT2D eigenvalue weighted by molar-refractivity contribution is 5.95. The topological polar surface area (TPSA) is 77.6 Å². The summed E-state index contributed by atoms with van der Waals surface area (Å²) in [5.41, 5.74) is 1.98. The zero-order valence-electron chi connectivity index (χ0n) is 17.5. The summed E-state index contributed by atoms with van der Waals surface area (Å²) in [7, 11) is 0. The molecule has 0 saturated heterocycles. The summed E-state index contributed by atoms with van der Waals surface area (Å²) in [6.45, 7) is 4.78. The van der Waals surface area contributed by atoms with Crippen molar-refractivity contribution in [3.05, 3.63) is 71.4 Å². The lowest BCUT2D eigenvalue weighted by atomic mass is 10.2. The molecule has 3 aromatic heterocycles. The first-order valence-electron chi connectivity index (χ1n) is 10.0. The number of fused-ring (bicyclic) bond motifs is 1. The van der Waals surface area contributed by atoms with E-state index in [-0.39, 0.29) is 11.7 Å². The first-order chi connectivity index (χ1) is 15.3. The van der Waals surface area contributed by atoms with Gasteiger partial charge in [0.1, 0.15) is 5.82 Å². The standard InChI is InChI=1S/C22H21F3N6O/c1-14-17(13-28-31(14)20-9-8-16(12-27-20)22(23,24)25)21(32)26-10-5-11-30-15(2)29-18-6-3-4-7-19(18)30/h3-4,6-9,12-13H,5,10-11H2,1-2H3,(H,26,32). The molecule has 1 N–H and O–H groups in total. The lowest BCUT2D eigenvalue weighted by molar-refractivity contribution is -0.137. The van der Waals surface area contributed by atoms with Gasteiger partial charge in [-0.3, -0.25) is 4.79 Å². The molecular weight excluding hydrogens is 421 g/mol. The summed E-state index contributed by atoms with van der Waals surface area (Å²) < 4.78 is 41.6. The Morgan fingerprint density at radius 1 is 1.09 bits per heavy atom. The second kappa shape index (κ2) is 8.45. The minimum Gasteiger partial charge on any atom is -0.352 e. The molecule has 0 radical (unpaired) electrons. The SMILES string of the molecule is Cc1c(C(=O)NCCCn2c(C)nc3ccccc32)cnn1-c1ccc(C(F)(F)F)cn1. The Balaban J connectivity index is 1.38. The van der Waals surface area contributed by atoms with Gasteiger partial charge in [-0.25, -0.2) is 14.6 Å². The summed E-state index contributed by atoms with van der Waals surface area (Å²) in [4.78, 5) is 20.9. The molecule has 1 amide bonds. The number of pyridine rings is 1. The molecule has 0 aliphatic rings. The van der Waals surface area contributed by atoms with E-state index in [9.17, 15) is 18.0 Å². The summed E-state index contributed by atoms with van der Waals surface area (Å²) in [5.74, 6) is 0.823. The number of aryl methyl sites for hydroxylation is 2. The number of imidazole rings is 1. The third-order valence-electron chi connectivity index (χ3n) is 5.24. The van der Waals surface area contributed by atoms with E-state index < -0.39 is 11.7 Å². The predicted octanol–water partition coefficient (Wildman–Crippen LogP) is 4.07. The number of para-hydroxylation sites is 2. The van der Waals surface area contributed by atoms with Crippen molar-refractivity contribution in [2.24, 2.45) is 0 Å². The lowest BCUT2D eigenvalue weighted by Crippen LogP contribution is -2.25. The van der Waals surface area contributed by atoms with Crippen LogP contribution in [0.3, 0.4) is 0 Å². The Labute approximate surface area is 181 Å². The van der Waals surface area contributed by atoms with Gasteiger partial charge in [0, 0.05) is 19.3 Å². The molecule has 3 heterocycles. The first kappa shape index (κ1) is 21.5. The lowest BCUT2D eigenvalue weighted by Gasteiger charge is -2.09. The summed E-state index contributed by atoms with van der Waals surface area (Å²) in [6, 6.07) is 10.1. The highest BCUT2D eigenvalue weighted by Gasteiger charge is 2.30. The van der Waals surface area contributed by atoms with Crippen molar-refractivity contribution >= 4 is 16.9 Å². The molecule has 166 valence electrons. The third kappa shape index (κ3) is 4.20. The van der Waals surface area contributed by atoms with Crippen LogP contribution in [0.4, 0.5) is 13.2 Å². The number of nitrogens with one attached hydrogen (secondary N) is 1. The summed E-state index contributed by atoms with van der Waals surface area (Å²) in [6.07, 6.45) is -1.62. The summed E-state index contributed by atoms with van der Waals surface area (Å²) in [5, 5.41) is 6.98. The van der Waals surface area contributed by atoms with E-state index in [1.807, 2.05) is 31.2 Å². The van der Waals surface area contributed by atoms with Crippen molar-refractivity contribution in [1.29, 1.82) is 0 Å². The fraction of sp³-hybridized carbons (Fsp3) is 0.273. The quantitative estimate of drug-likeness (QED) is 0.457. The molecule has 0 unspecified atom stereocenters. The van der Waals surface area contributed by atoms with Crippen molar-refractivity contribution in [3.63, 3.8) is 0 Å². The zero-order valence-corrected chi connectivity index (χ0v) is 17.5. The second-order valence-corrected chi connectivity index (χ2v) is 7.37. The summed E-state index contributed by atoms with van der Waals surface area (Å²) >= 11 is 0. The van der Waals surface area contributed by atoms with Gasteiger partial charge >= 0.3 is 6.18 Å². The van der Waals surface area contributed by atoms with Crippen molar-refractivity contribution in [3.8, 4) is 5.82 Å². The Morgan fingerprint density at radius 2 is 1.88 bits per heavy atom. The van der Waals surface area contributed by atoms with Crippen LogP contribution in [-0.4, -0.2) is 36.8 Å². The van der Waals surface area contributed by atoms with Gasteiger partial charge in [-0.05, 0) is 44.5 Å². The number of hydrogen-bond donors (Lipinski definition) is 1. The molecular formula is C22H21F3N6O. The fourth-order valence-corrected chi connectivity index (χ4v) is 3.56. The van der Waals surface area contributed by atoms with Gasteiger partial charge in [-0.1, -0.05) is 12.1 Å². The largest absolute Gasteiger partial charge is 0.417 e. The number of amides is 1. The smallest absolute Gasteiger partial charge is 0.352 e. The van der Waals surface area contributed by atoms with E-state index in [1.165, 1.54) is 16.9 Å². The van der Waals surface area contributed by atoms with Gasteiger partial charge in [-0.2, -0.15) is 18.3 Å². The van der Waals surface area contributed by atoms with E-state index in [2.05, 4.69) is 25.0 Å². The minimum absolute atomic E-state index is 0.206. The maximum atomic E-state index is 12.7. The molecule has 0 aliphatic heterocycles. The van der Waals surface area contributed by atoms with Crippen molar-refractivity contribution in [2.75, 3.05) is 6.54 Å². The van der Waals surface area contributed by atoms with Crippen LogP contribution in [0.5, 0.6) is 0 Å². The number of nitrogens with zero attached hydrogens (tertiary/aromatic N) is 5. The van der Waals surface area contributed by atoms with Gasteiger partial charge in [0.15, 0.2) is 5.82 Å². The molecule has 1 aromatic carbocycles. The molecule has 0 spiro atoms. The number of benzene rings is 1. The van der Waals surface area contributed by atoms with Crippen LogP contribution in [0.15, 0.2) is 48.8 Å². The average Bonchev–Trinajstić information content (AvgIpc) is 3.30. The van der Waals surface area contributed by atoms with Gasteiger partial charge in [-0.15, -0.1) is 0 Å². The van der Waals surface area contributed by atoms with Gasteiger partial charge in [0.25, 0.3) is 5.91 Å². The highest BCUT2D eigenvalue weighted by atomic mass is 19.4. The van der Waals surface area contributed by atoms with Gasteiger partial charge < -0.3 is 9.88 Å². The molecule has 0 atom stereocenters. The minimum atomic E-state index is -4.46. The van der Waals surface area contributed by atoms with Crippen molar-refractivity contribution in [1.82, 2.24) is 29.6 Å². The van der Waals surface area contributed by atoms with Crippen LogP contribution in [0.2, 0.25) is 0 Å². The number of hydrogen-bond acceptors (Lipinski definition) is 4. The Morgan fingerprint density at radius 3 is 2.59 bits per heavy atom. The molecule has 4 rings (SSSR count). The van der Waals surface area contributed by atoms with Crippen LogP contribution in [-0.2, 0) is 12.7 Å². The highest BCUT2D eigenvalue weighted by Crippen LogP contribution is 2.28. The molecule has 0 fully saturated rings. The average molecular weight is 442 g/mol. The number of carbonyl (C=O) groups excluding carboxylic acids is 1. The number of aromatic nitrogens is 5. The van der Waals surface area contributed by atoms with Crippen LogP contribution < -0.4 is 5.32 Å². The monoisotopic (exact) mass is 442 g/mol. The predicted molar refractivity (Wildman–Crippen MR) is 113 cm³/mol. The fourth-order valence-electron chi connectivity index (χ4n) is 3.56. The maximum absolute atomic E-state index is 12.7. The van der Waals surface area contributed by atoms with Crippen LogP contribution in [0.1, 0.15) is 33.9 Å². The Bertz CT molecular complexity index is 1260. The van der Waals surface area contributed by atoms with E-state index in [0.29, 0.717) is 30.8 Å². The van der Waals surface area contributed by atoms with Gasteiger partial charge in [0.2, 0.25) is 0 Å². The van der Waals surface area contributed by atoms with Gasteiger partial charge in [0.05, 0.1) is 34.1 Å². The molecule has 4 aromatic rings.